The average molecular weight is 404 g/mol. The van der Waals surface area contributed by atoms with Crippen molar-refractivity contribution in [3.05, 3.63) is 96.7 Å². The summed E-state index contributed by atoms with van der Waals surface area (Å²) in [5.41, 5.74) is 1.03. The highest BCUT2D eigenvalue weighted by Gasteiger charge is 2.18. The van der Waals surface area contributed by atoms with Crippen LogP contribution in [0.2, 0.25) is 0 Å². The standard InChI is InChI=1S/C22H16N2O4S/c25-22(28-19-8-2-1-3-9-19)17-11-13-18(14-12-17)24-29(26,27)20-10-4-6-16-7-5-15-23-21(16)20/h1-15,24H. The summed E-state index contributed by atoms with van der Waals surface area (Å²) >= 11 is 0. The van der Waals surface area contributed by atoms with Gasteiger partial charge in [0, 0.05) is 17.3 Å². The predicted octanol–water partition coefficient (Wildman–Crippen LogP) is 4.25. The number of aromatic nitrogens is 1. The summed E-state index contributed by atoms with van der Waals surface area (Å²) in [5, 5.41) is 0.731. The van der Waals surface area contributed by atoms with Gasteiger partial charge in [0.1, 0.15) is 10.6 Å². The number of para-hydroxylation sites is 2. The van der Waals surface area contributed by atoms with Crippen molar-refractivity contribution >= 4 is 32.6 Å². The van der Waals surface area contributed by atoms with Crippen molar-refractivity contribution in [1.29, 1.82) is 0 Å². The van der Waals surface area contributed by atoms with E-state index in [4.69, 9.17) is 4.74 Å². The van der Waals surface area contributed by atoms with E-state index >= 15 is 0 Å². The lowest BCUT2D eigenvalue weighted by Gasteiger charge is -2.10. The Balaban J connectivity index is 1.54. The Morgan fingerprint density at radius 1 is 0.828 bits per heavy atom. The molecule has 0 aliphatic carbocycles. The number of pyridine rings is 1. The fourth-order valence-electron chi connectivity index (χ4n) is 2.83. The minimum absolute atomic E-state index is 0.0863. The van der Waals surface area contributed by atoms with E-state index in [-0.39, 0.29) is 4.90 Å². The molecule has 1 N–H and O–H groups in total. The summed E-state index contributed by atoms with van der Waals surface area (Å²) in [6.07, 6.45) is 1.55. The normalized spacial score (nSPS) is 11.2. The van der Waals surface area contributed by atoms with Gasteiger partial charge in [-0.3, -0.25) is 9.71 Å². The summed E-state index contributed by atoms with van der Waals surface area (Å²) in [6.45, 7) is 0. The molecule has 0 spiro atoms. The zero-order chi connectivity index (χ0) is 20.3. The van der Waals surface area contributed by atoms with Gasteiger partial charge >= 0.3 is 5.97 Å². The van der Waals surface area contributed by atoms with Crippen molar-refractivity contribution in [2.24, 2.45) is 0 Å². The Bertz CT molecular complexity index is 1270. The zero-order valence-corrected chi connectivity index (χ0v) is 16.0. The van der Waals surface area contributed by atoms with Crippen LogP contribution in [-0.4, -0.2) is 19.4 Å². The topological polar surface area (TPSA) is 85.4 Å². The molecule has 1 aromatic heterocycles. The van der Waals surface area contributed by atoms with Crippen LogP contribution in [0.25, 0.3) is 10.9 Å². The number of hydrogen-bond donors (Lipinski definition) is 1. The quantitative estimate of drug-likeness (QED) is 0.397. The SMILES string of the molecule is O=C(Oc1ccccc1)c1ccc(NS(=O)(=O)c2cccc3cccnc23)cc1. The van der Waals surface area contributed by atoms with Gasteiger partial charge in [0.25, 0.3) is 10.0 Å². The third-order valence-electron chi connectivity index (χ3n) is 4.21. The van der Waals surface area contributed by atoms with Crippen LogP contribution in [-0.2, 0) is 10.0 Å². The Morgan fingerprint density at radius 2 is 1.55 bits per heavy atom. The van der Waals surface area contributed by atoms with Crippen molar-refractivity contribution < 1.29 is 17.9 Å². The number of esters is 1. The van der Waals surface area contributed by atoms with Crippen LogP contribution in [0, 0.1) is 0 Å². The van der Waals surface area contributed by atoms with Gasteiger partial charge in [-0.1, -0.05) is 36.4 Å². The second-order valence-corrected chi connectivity index (χ2v) is 7.87. The van der Waals surface area contributed by atoms with E-state index in [0.717, 1.165) is 5.39 Å². The largest absolute Gasteiger partial charge is 0.423 e. The molecule has 0 radical (unpaired) electrons. The van der Waals surface area contributed by atoms with Gasteiger partial charge in [-0.25, -0.2) is 13.2 Å². The Morgan fingerprint density at radius 3 is 2.31 bits per heavy atom. The highest BCUT2D eigenvalue weighted by Crippen LogP contribution is 2.23. The van der Waals surface area contributed by atoms with E-state index in [9.17, 15) is 13.2 Å². The predicted molar refractivity (Wildman–Crippen MR) is 110 cm³/mol. The summed E-state index contributed by atoms with van der Waals surface area (Å²) in [4.78, 5) is 16.5. The molecule has 0 saturated heterocycles. The minimum atomic E-state index is -3.85. The first-order valence-corrected chi connectivity index (χ1v) is 10.3. The lowest BCUT2D eigenvalue weighted by atomic mass is 10.2. The van der Waals surface area contributed by atoms with Gasteiger partial charge < -0.3 is 4.74 Å². The van der Waals surface area contributed by atoms with Crippen molar-refractivity contribution in [3.8, 4) is 5.75 Å². The molecule has 0 atom stereocenters. The Kier molecular flexibility index (Phi) is 4.97. The summed E-state index contributed by atoms with van der Waals surface area (Å²) in [6, 6.07) is 23.3. The molecule has 1 heterocycles. The van der Waals surface area contributed by atoms with Gasteiger partial charge in [0.15, 0.2) is 0 Å². The van der Waals surface area contributed by atoms with Crippen LogP contribution in [0.4, 0.5) is 5.69 Å². The molecule has 0 amide bonds. The van der Waals surface area contributed by atoms with Crippen molar-refractivity contribution in [2.75, 3.05) is 4.72 Å². The van der Waals surface area contributed by atoms with Crippen molar-refractivity contribution in [1.82, 2.24) is 4.98 Å². The third-order valence-corrected chi connectivity index (χ3v) is 5.62. The van der Waals surface area contributed by atoms with Crippen LogP contribution in [0.15, 0.2) is 96.0 Å². The second kappa shape index (κ2) is 7.73. The van der Waals surface area contributed by atoms with E-state index in [1.807, 2.05) is 6.07 Å². The second-order valence-electron chi connectivity index (χ2n) is 6.22. The maximum Gasteiger partial charge on any atom is 0.343 e. The van der Waals surface area contributed by atoms with Crippen LogP contribution < -0.4 is 9.46 Å². The first-order valence-electron chi connectivity index (χ1n) is 8.77. The van der Waals surface area contributed by atoms with Crippen LogP contribution in [0.3, 0.4) is 0 Å². The molecule has 4 aromatic rings. The number of sulfonamides is 1. The van der Waals surface area contributed by atoms with Crippen LogP contribution in [0.1, 0.15) is 10.4 Å². The number of anilines is 1. The molecule has 144 valence electrons. The Hall–Kier alpha value is -3.71. The molecule has 3 aromatic carbocycles. The van der Waals surface area contributed by atoms with Gasteiger partial charge in [-0.2, -0.15) is 0 Å². The van der Waals surface area contributed by atoms with Gasteiger partial charge in [0.2, 0.25) is 0 Å². The molecule has 4 rings (SSSR count). The molecule has 6 nitrogen and oxygen atoms in total. The van der Waals surface area contributed by atoms with Gasteiger partial charge in [-0.15, -0.1) is 0 Å². The molecule has 0 fully saturated rings. The highest BCUT2D eigenvalue weighted by atomic mass is 32.2. The molecule has 0 aliphatic heterocycles. The van der Waals surface area contributed by atoms with E-state index in [1.54, 1.807) is 54.7 Å². The molecule has 0 saturated carbocycles. The monoisotopic (exact) mass is 404 g/mol. The lowest BCUT2D eigenvalue weighted by molar-refractivity contribution is 0.0735. The first-order chi connectivity index (χ1) is 14.0. The number of hydrogen-bond acceptors (Lipinski definition) is 5. The minimum Gasteiger partial charge on any atom is -0.423 e. The molecule has 7 heteroatoms. The Labute approximate surface area is 167 Å². The third kappa shape index (κ3) is 4.09. The van der Waals surface area contributed by atoms with Gasteiger partial charge in [0.05, 0.1) is 11.1 Å². The number of rotatable bonds is 5. The lowest BCUT2D eigenvalue weighted by Crippen LogP contribution is -2.14. The highest BCUT2D eigenvalue weighted by molar-refractivity contribution is 7.93. The number of benzene rings is 3. The maximum atomic E-state index is 12.8. The van der Waals surface area contributed by atoms with Crippen LogP contribution >= 0.6 is 0 Å². The summed E-state index contributed by atoms with van der Waals surface area (Å²) in [5.74, 6) is -0.0883. The molecule has 29 heavy (non-hydrogen) atoms. The number of nitrogens with one attached hydrogen (secondary N) is 1. The van der Waals surface area contributed by atoms with Crippen molar-refractivity contribution in [3.63, 3.8) is 0 Å². The number of carbonyl (C=O) groups excluding carboxylic acids is 1. The molecular weight excluding hydrogens is 388 g/mol. The fraction of sp³-hybridized carbons (Fsp3) is 0. The summed E-state index contributed by atoms with van der Waals surface area (Å²) in [7, 11) is -3.85. The van der Waals surface area contributed by atoms with Crippen molar-refractivity contribution in [2.45, 2.75) is 4.90 Å². The maximum absolute atomic E-state index is 12.8. The molecule has 0 unspecified atom stereocenters. The van der Waals surface area contributed by atoms with E-state index < -0.39 is 16.0 Å². The molecule has 0 bridgehead atoms. The van der Waals surface area contributed by atoms with E-state index in [2.05, 4.69) is 9.71 Å². The zero-order valence-electron chi connectivity index (χ0n) is 15.1. The average Bonchev–Trinajstić information content (AvgIpc) is 2.74. The smallest absolute Gasteiger partial charge is 0.343 e. The summed E-state index contributed by atoms with van der Waals surface area (Å²) < 4.78 is 33.5. The van der Waals surface area contributed by atoms with Crippen LogP contribution in [0.5, 0.6) is 5.75 Å². The van der Waals surface area contributed by atoms with Gasteiger partial charge in [-0.05, 0) is 48.5 Å². The molecule has 0 aliphatic rings. The number of ether oxygens (including phenoxy) is 1. The fourth-order valence-corrected chi connectivity index (χ4v) is 4.07. The molecular formula is C22H16N2O4S. The number of nitrogens with zero attached hydrogens (tertiary/aromatic N) is 1. The van der Waals surface area contributed by atoms with E-state index in [0.29, 0.717) is 22.5 Å². The number of fused-ring (bicyclic) bond motifs is 1. The first kappa shape index (κ1) is 18.6. The van der Waals surface area contributed by atoms with E-state index in [1.165, 1.54) is 30.3 Å². The number of carbonyl (C=O) groups is 1.